The molecule has 0 aromatic carbocycles. The van der Waals surface area contributed by atoms with Crippen LogP contribution in [0.25, 0.3) is 0 Å². The van der Waals surface area contributed by atoms with Crippen molar-refractivity contribution in [3.8, 4) is 0 Å². The molecular weight excluding hydrogens is 428 g/mol. The summed E-state index contributed by atoms with van der Waals surface area (Å²) in [6, 6.07) is 4.60. The van der Waals surface area contributed by atoms with Crippen LogP contribution >= 0.6 is 0 Å². The molecule has 0 atom stereocenters. The molecule has 2 rings (SSSR count). The van der Waals surface area contributed by atoms with E-state index in [4.69, 9.17) is 14.2 Å². The van der Waals surface area contributed by atoms with E-state index in [1.54, 1.807) is 26.1 Å². The lowest BCUT2D eigenvalue weighted by Gasteiger charge is -2.28. The molecule has 0 fully saturated rings. The number of rotatable bonds is 13. The van der Waals surface area contributed by atoms with Gasteiger partial charge in [0, 0.05) is 39.3 Å². The summed E-state index contributed by atoms with van der Waals surface area (Å²) in [6.45, 7) is 11.5. The van der Waals surface area contributed by atoms with Crippen LogP contribution in [0.5, 0.6) is 0 Å². The van der Waals surface area contributed by atoms with Crippen LogP contribution in [-0.4, -0.2) is 57.5 Å². The third-order valence-corrected chi connectivity index (χ3v) is 7.26. The molecule has 178 valence electrons. The van der Waals surface area contributed by atoms with E-state index in [-0.39, 0.29) is 63.5 Å². The van der Waals surface area contributed by atoms with E-state index in [9.17, 15) is 14.4 Å². The highest BCUT2D eigenvalue weighted by molar-refractivity contribution is 6.76. The van der Waals surface area contributed by atoms with E-state index in [0.717, 1.165) is 6.04 Å². The largest absolute Gasteiger partial charge is 0.466 e. The Labute approximate surface area is 191 Å². The maximum absolute atomic E-state index is 13.7. The SMILES string of the molecule is CCOC(=O)CCC1(CCC(=O)OCC)C(=O)N(COCC[Si](C)(C)C)c2ncccc21. The molecule has 0 N–H and O–H groups in total. The maximum Gasteiger partial charge on any atom is 0.305 e. The first kappa shape index (κ1) is 26.0. The van der Waals surface area contributed by atoms with Gasteiger partial charge in [-0.25, -0.2) is 4.98 Å². The number of aromatic nitrogens is 1. The minimum absolute atomic E-state index is 0.0705. The van der Waals surface area contributed by atoms with E-state index in [0.29, 0.717) is 18.0 Å². The predicted molar refractivity (Wildman–Crippen MR) is 124 cm³/mol. The molecular formula is C23H36N2O6Si. The highest BCUT2D eigenvalue weighted by Gasteiger charge is 2.51. The van der Waals surface area contributed by atoms with Crippen LogP contribution < -0.4 is 4.90 Å². The van der Waals surface area contributed by atoms with Gasteiger partial charge in [-0.1, -0.05) is 25.7 Å². The van der Waals surface area contributed by atoms with Gasteiger partial charge in [-0.05, 0) is 38.8 Å². The molecule has 0 radical (unpaired) electrons. The number of fused-ring (bicyclic) bond motifs is 1. The summed E-state index contributed by atoms with van der Waals surface area (Å²) in [6.07, 6.45) is 2.23. The number of pyridine rings is 1. The first-order valence-corrected chi connectivity index (χ1v) is 15.0. The normalized spacial score (nSPS) is 14.9. The first-order valence-electron chi connectivity index (χ1n) is 11.3. The van der Waals surface area contributed by atoms with Crippen LogP contribution in [0.1, 0.15) is 45.1 Å². The standard InChI is InChI=1S/C23H36N2O6Si/c1-6-30-19(26)10-12-23(13-11-20(27)31-7-2)18-9-8-14-24-21(18)25(22(23)28)17-29-15-16-32(3,4)5/h8-9,14H,6-7,10-13,15-17H2,1-5H3. The number of ether oxygens (including phenoxy) is 3. The van der Waals surface area contributed by atoms with Gasteiger partial charge in [0.25, 0.3) is 0 Å². The molecule has 8 nitrogen and oxygen atoms in total. The summed E-state index contributed by atoms with van der Waals surface area (Å²) in [7, 11) is -1.26. The fourth-order valence-electron chi connectivity index (χ4n) is 3.81. The lowest BCUT2D eigenvalue weighted by atomic mass is 9.74. The minimum Gasteiger partial charge on any atom is -0.466 e. The Morgan fingerprint density at radius 1 is 1.06 bits per heavy atom. The van der Waals surface area contributed by atoms with Crippen molar-refractivity contribution in [1.82, 2.24) is 4.98 Å². The molecule has 1 aromatic heterocycles. The minimum atomic E-state index is -1.26. The molecule has 0 saturated carbocycles. The van der Waals surface area contributed by atoms with Crippen molar-refractivity contribution < 1.29 is 28.6 Å². The van der Waals surface area contributed by atoms with Crippen molar-refractivity contribution in [1.29, 1.82) is 0 Å². The molecule has 0 unspecified atom stereocenters. The molecule has 0 aliphatic carbocycles. The quantitative estimate of drug-likeness (QED) is 0.250. The monoisotopic (exact) mass is 464 g/mol. The van der Waals surface area contributed by atoms with Gasteiger partial charge >= 0.3 is 11.9 Å². The Kier molecular flexibility index (Phi) is 9.39. The number of nitrogens with zero attached hydrogens (tertiary/aromatic N) is 2. The Balaban J connectivity index is 2.28. The van der Waals surface area contributed by atoms with E-state index in [2.05, 4.69) is 24.6 Å². The van der Waals surface area contributed by atoms with Crippen molar-refractivity contribution in [2.45, 2.75) is 70.6 Å². The molecule has 1 aliphatic rings. The average molecular weight is 465 g/mol. The molecule has 1 aliphatic heterocycles. The second-order valence-corrected chi connectivity index (χ2v) is 14.8. The van der Waals surface area contributed by atoms with Gasteiger partial charge in [-0.3, -0.25) is 19.3 Å². The van der Waals surface area contributed by atoms with Crippen molar-refractivity contribution in [3.05, 3.63) is 23.9 Å². The van der Waals surface area contributed by atoms with Gasteiger partial charge in [-0.15, -0.1) is 0 Å². The molecule has 9 heteroatoms. The number of hydrogen-bond donors (Lipinski definition) is 0. The van der Waals surface area contributed by atoms with E-state index in [1.165, 1.54) is 4.90 Å². The zero-order valence-corrected chi connectivity index (χ0v) is 20.9. The van der Waals surface area contributed by atoms with Crippen molar-refractivity contribution in [2.24, 2.45) is 0 Å². The molecule has 0 saturated heterocycles. The molecule has 1 amide bonds. The number of esters is 2. The summed E-state index contributed by atoms with van der Waals surface area (Å²) in [5.74, 6) is -0.414. The van der Waals surface area contributed by atoms with Gasteiger partial charge in [-0.2, -0.15) is 0 Å². The number of anilines is 1. The fraction of sp³-hybridized carbons (Fsp3) is 0.652. The summed E-state index contributed by atoms with van der Waals surface area (Å²) in [5, 5.41) is 0. The topological polar surface area (TPSA) is 95.0 Å². The third-order valence-electron chi connectivity index (χ3n) is 5.55. The van der Waals surface area contributed by atoms with Crippen LogP contribution in [0.3, 0.4) is 0 Å². The molecule has 1 aromatic rings. The lowest BCUT2D eigenvalue weighted by molar-refractivity contribution is -0.143. The number of carbonyl (C=O) groups is 3. The summed E-state index contributed by atoms with van der Waals surface area (Å²) >= 11 is 0. The molecule has 0 spiro atoms. The van der Waals surface area contributed by atoms with Gasteiger partial charge < -0.3 is 14.2 Å². The van der Waals surface area contributed by atoms with Gasteiger partial charge in [0.1, 0.15) is 12.5 Å². The number of hydrogen-bond acceptors (Lipinski definition) is 7. The number of amides is 1. The Bertz CT molecular complexity index is 786. The third kappa shape index (κ3) is 6.62. The second kappa shape index (κ2) is 11.6. The van der Waals surface area contributed by atoms with E-state index in [1.807, 2.05) is 6.07 Å². The van der Waals surface area contributed by atoms with E-state index >= 15 is 0 Å². The zero-order chi connectivity index (χ0) is 23.8. The highest BCUT2D eigenvalue weighted by Crippen LogP contribution is 2.46. The van der Waals surface area contributed by atoms with Crippen LogP contribution in [0.2, 0.25) is 25.7 Å². The van der Waals surface area contributed by atoms with Crippen molar-refractivity contribution in [3.63, 3.8) is 0 Å². The van der Waals surface area contributed by atoms with Crippen LogP contribution in [0.15, 0.2) is 18.3 Å². The average Bonchev–Trinajstić information content (AvgIpc) is 2.96. The van der Waals surface area contributed by atoms with E-state index < -0.39 is 13.5 Å². The van der Waals surface area contributed by atoms with Crippen LogP contribution in [0.4, 0.5) is 5.82 Å². The number of carbonyl (C=O) groups excluding carboxylic acids is 3. The van der Waals surface area contributed by atoms with Gasteiger partial charge in [0.15, 0.2) is 0 Å². The molecule has 0 bridgehead atoms. The smallest absolute Gasteiger partial charge is 0.305 e. The highest BCUT2D eigenvalue weighted by atomic mass is 28.3. The summed E-state index contributed by atoms with van der Waals surface area (Å²) < 4.78 is 16.0. The lowest BCUT2D eigenvalue weighted by Crippen LogP contribution is -2.42. The fourth-order valence-corrected chi connectivity index (χ4v) is 4.57. The van der Waals surface area contributed by atoms with Gasteiger partial charge in [0.05, 0.1) is 18.6 Å². The van der Waals surface area contributed by atoms with Crippen molar-refractivity contribution in [2.75, 3.05) is 31.5 Å². The zero-order valence-electron chi connectivity index (χ0n) is 19.9. The first-order chi connectivity index (χ1) is 15.1. The molecule has 2 heterocycles. The van der Waals surface area contributed by atoms with Crippen molar-refractivity contribution >= 4 is 31.7 Å². The van der Waals surface area contributed by atoms with Crippen LogP contribution in [-0.2, 0) is 34.0 Å². The summed E-state index contributed by atoms with van der Waals surface area (Å²) in [4.78, 5) is 43.9. The Morgan fingerprint density at radius 3 is 2.19 bits per heavy atom. The van der Waals surface area contributed by atoms with Crippen LogP contribution in [0, 0.1) is 0 Å². The second-order valence-electron chi connectivity index (χ2n) is 9.15. The molecule has 32 heavy (non-hydrogen) atoms. The van der Waals surface area contributed by atoms with Gasteiger partial charge in [0.2, 0.25) is 5.91 Å². The Hall–Kier alpha value is -2.26. The summed E-state index contributed by atoms with van der Waals surface area (Å²) in [5.41, 5.74) is -0.335. The Morgan fingerprint density at radius 2 is 1.66 bits per heavy atom. The predicted octanol–water partition coefficient (Wildman–Crippen LogP) is 3.66. The maximum atomic E-state index is 13.7.